The first-order valence-corrected chi connectivity index (χ1v) is 8.52. The predicted molar refractivity (Wildman–Crippen MR) is 101 cm³/mol. The fourth-order valence-electron chi connectivity index (χ4n) is 3.04. The fourth-order valence-corrected chi connectivity index (χ4v) is 3.04. The number of benzene rings is 2. The molecule has 1 heterocycles. The molecule has 0 bridgehead atoms. The number of carbonyl (C=O) groups excluding carboxylic acids is 2. The largest absolute Gasteiger partial charge is 0.497 e. The molecule has 1 N–H and O–H groups in total. The van der Waals surface area contributed by atoms with Crippen molar-refractivity contribution >= 4 is 17.5 Å². The summed E-state index contributed by atoms with van der Waals surface area (Å²) in [4.78, 5) is 26.7. The summed E-state index contributed by atoms with van der Waals surface area (Å²) >= 11 is 0. The third-order valence-electron chi connectivity index (χ3n) is 4.44. The van der Waals surface area contributed by atoms with E-state index in [4.69, 9.17) is 14.2 Å². The molecule has 0 saturated carbocycles. The van der Waals surface area contributed by atoms with E-state index in [1.165, 1.54) is 14.2 Å². The topological polar surface area (TPSA) is 77.1 Å². The molecule has 1 aliphatic rings. The summed E-state index contributed by atoms with van der Waals surface area (Å²) in [5, 5.41) is 2.91. The van der Waals surface area contributed by atoms with Gasteiger partial charge >= 0.3 is 0 Å². The van der Waals surface area contributed by atoms with E-state index in [1.807, 2.05) is 18.2 Å². The molecule has 2 aromatic carbocycles. The quantitative estimate of drug-likeness (QED) is 0.844. The SMILES string of the molecule is COc1cc(OC)cc(C(=O)N[C@H]2CC(=O)N(c3cccc(OC)c3)C2)c1. The summed E-state index contributed by atoms with van der Waals surface area (Å²) in [5.41, 5.74) is 1.16. The molecule has 0 aromatic heterocycles. The molecule has 1 atom stereocenters. The second-order valence-electron chi connectivity index (χ2n) is 6.18. The maximum absolute atomic E-state index is 12.6. The molecule has 0 radical (unpaired) electrons. The Morgan fingerprint density at radius 3 is 2.30 bits per heavy atom. The summed E-state index contributed by atoms with van der Waals surface area (Å²) in [5.74, 6) is 1.41. The second-order valence-corrected chi connectivity index (χ2v) is 6.18. The van der Waals surface area contributed by atoms with Crippen molar-refractivity contribution in [1.82, 2.24) is 5.32 Å². The van der Waals surface area contributed by atoms with Gasteiger partial charge in [0.1, 0.15) is 17.2 Å². The standard InChI is InChI=1S/C20H22N2O5/c1-25-16-6-4-5-15(10-16)22-12-14(9-19(22)23)21-20(24)13-7-17(26-2)11-18(8-13)27-3/h4-8,10-11,14H,9,12H2,1-3H3,(H,21,24)/t14-/m0/s1. The highest BCUT2D eigenvalue weighted by Crippen LogP contribution is 2.26. The van der Waals surface area contributed by atoms with Crippen LogP contribution in [-0.4, -0.2) is 45.7 Å². The van der Waals surface area contributed by atoms with Crippen LogP contribution in [0.3, 0.4) is 0 Å². The van der Waals surface area contributed by atoms with Crippen molar-refractivity contribution in [1.29, 1.82) is 0 Å². The van der Waals surface area contributed by atoms with Gasteiger partial charge in [0.15, 0.2) is 0 Å². The lowest BCUT2D eigenvalue weighted by Gasteiger charge is -2.18. The molecule has 2 aromatic rings. The van der Waals surface area contributed by atoms with Crippen molar-refractivity contribution < 1.29 is 23.8 Å². The van der Waals surface area contributed by atoms with Gasteiger partial charge in [-0.2, -0.15) is 0 Å². The molecule has 3 rings (SSSR count). The Labute approximate surface area is 157 Å². The highest BCUT2D eigenvalue weighted by molar-refractivity contribution is 5.99. The molecule has 2 amide bonds. The Kier molecular flexibility index (Phi) is 5.49. The van der Waals surface area contributed by atoms with Crippen LogP contribution >= 0.6 is 0 Å². The number of anilines is 1. The van der Waals surface area contributed by atoms with Crippen molar-refractivity contribution in [2.75, 3.05) is 32.8 Å². The number of nitrogens with one attached hydrogen (secondary N) is 1. The van der Waals surface area contributed by atoms with Gasteiger partial charge in [0, 0.05) is 36.3 Å². The third-order valence-corrected chi connectivity index (χ3v) is 4.44. The molecule has 0 unspecified atom stereocenters. The third kappa shape index (κ3) is 4.13. The highest BCUT2D eigenvalue weighted by Gasteiger charge is 2.32. The Balaban J connectivity index is 1.71. The van der Waals surface area contributed by atoms with Crippen molar-refractivity contribution in [2.45, 2.75) is 12.5 Å². The average molecular weight is 370 g/mol. The number of nitrogens with zero attached hydrogens (tertiary/aromatic N) is 1. The normalized spacial score (nSPS) is 16.2. The summed E-state index contributed by atoms with van der Waals surface area (Å²) < 4.78 is 15.6. The van der Waals surface area contributed by atoms with E-state index in [-0.39, 0.29) is 24.3 Å². The number of amides is 2. The van der Waals surface area contributed by atoms with E-state index in [9.17, 15) is 9.59 Å². The fraction of sp³-hybridized carbons (Fsp3) is 0.300. The van der Waals surface area contributed by atoms with Crippen LogP contribution in [0.1, 0.15) is 16.8 Å². The van der Waals surface area contributed by atoms with Crippen LogP contribution in [0.25, 0.3) is 0 Å². The summed E-state index contributed by atoms with van der Waals surface area (Å²) in [7, 11) is 4.63. The molecule has 7 nitrogen and oxygen atoms in total. The predicted octanol–water partition coefficient (Wildman–Crippen LogP) is 2.25. The second kappa shape index (κ2) is 7.99. The first kappa shape index (κ1) is 18.6. The molecule has 0 aliphatic carbocycles. The molecule has 142 valence electrons. The van der Waals surface area contributed by atoms with Crippen LogP contribution in [0.2, 0.25) is 0 Å². The highest BCUT2D eigenvalue weighted by atomic mass is 16.5. The van der Waals surface area contributed by atoms with Crippen LogP contribution in [0.4, 0.5) is 5.69 Å². The molecule has 1 saturated heterocycles. The number of carbonyl (C=O) groups is 2. The van der Waals surface area contributed by atoms with Gasteiger partial charge in [-0.15, -0.1) is 0 Å². The van der Waals surface area contributed by atoms with Gasteiger partial charge in [0.2, 0.25) is 5.91 Å². The van der Waals surface area contributed by atoms with Gasteiger partial charge in [-0.05, 0) is 24.3 Å². The van der Waals surface area contributed by atoms with Gasteiger partial charge in [0.05, 0.1) is 27.4 Å². The lowest BCUT2D eigenvalue weighted by atomic mass is 10.1. The molecule has 7 heteroatoms. The van der Waals surface area contributed by atoms with Gasteiger partial charge in [-0.3, -0.25) is 9.59 Å². The molecule has 1 fully saturated rings. The zero-order chi connectivity index (χ0) is 19.4. The number of rotatable bonds is 6. The smallest absolute Gasteiger partial charge is 0.251 e. The number of hydrogen-bond acceptors (Lipinski definition) is 5. The maximum atomic E-state index is 12.6. The first-order valence-electron chi connectivity index (χ1n) is 8.52. The minimum atomic E-state index is -0.284. The Bertz CT molecular complexity index is 830. The van der Waals surface area contributed by atoms with E-state index >= 15 is 0 Å². The van der Waals surface area contributed by atoms with Crippen molar-refractivity contribution in [2.24, 2.45) is 0 Å². The van der Waals surface area contributed by atoms with Gasteiger partial charge in [-0.25, -0.2) is 0 Å². The van der Waals surface area contributed by atoms with E-state index in [0.717, 1.165) is 5.69 Å². The van der Waals surface area contributed by atoms with Crippen LogP contribution in [0.5, 0.6) is 17.2 Å². The van der Waals surface area contributed by atoms with Gasteiger partial charge < -0.3 is 24.4 Å². The Morgan fingerprint density at radius 1 is 1.00 bits per heavy atom. The minimum Gasteiger partial charge on any atom is -0.497 e. The summed E-state index contributed by atoms with van der Waals surface area (Å²) in [6.07, 6.45) is 0.240. The van der Waals surface area contributed by atoms with E-state index < -0.39 is 0 Å². The van der Waals surface area contributed by atoms with E-state index in [1.54, 1.807) is 36.3 Å². The monoisotopic (exact) mass is 370 g/mol. The zero-order valence-corrected chi connectivity index (χ0v) is 15.5. The lowest BCUT2D eigenvalue weighted by Crippen LogP contribution is -2.37. The van der Waals surface area contributed by atoms with E-state index in [0.29, 0.717) is 29.4 Å². The van der Waals surface area contributed by atoms with Crippen molar-refractivity contribution in [3.63, 3.8) is 0 Å². The minimum absolute atomic E-state index is 0.0447. The Morgan fingerprint density at radius 2 is 1.67 bits per heavy atom. The van der Waals surface area contributed by atoms with Crippen LogP contribution in [0.15, 0.2) is 42.5 Å². The van der Waals surface area contributed by atoms with Crippen molar-refractivity contribution in [3.8, 4) is 17.2 Å². The molecule has 27 heavy (non-hydrogen) atoms. The zero-order valence-electron chi connectivity index (χ0n) is 15.5. The Hall–Kier alpha value is -3.22. The first-order chi connectivity index (χ1) is 13.0. The number of ether oxygens (including phenoxy) is 3. The van der Waals surface area contributed by atoms with Crippen LogP contribution in [0, 0.1) is 0 Å². The molecular formula is C20H22N2O5. The van der Waals surface area contributed by atoms with Gasteiger partial charge in [0.25, 0.3) is 5.91 Å². The molecule has 1 aliphatic heterocycles. The molecule has 0 spiro atoms. The molecular weight excluding hydrogens is 348 g/mol. The maximum Gasteiger partial charge on any atom is 0.251 e. The summed E-state index contributed by atoms with van der Waals surface area (Å²) in [6, 6.07) is 12.0. The van der Waals surface area contributed by atoms with Crippen molar-refractivity contribution in [3.05, 3.63) is 48.0 Å². The van der Waals surface area contributed by atoms with Crippen LogP contribution in [-0.2, 0) is 4.79 Å². The van der Waals surface area contributed by atoms with Crippen LogP contribution < -0.4 is 24.4 Å². The average Bonchev–Trinajstić information content (AvgIpc) is 3.07. The summed E-state index contributed by atoms with van der Waals surface area (Å²) in [6.45, 7) is 0.402. The lowest BCUT2D eigenvalue weighted by molar-refractivity contribution is -0.117. The number of methoxy groups -OCH3 is 3. The number of hydrogen-bond donors (Lipinski definition) is 1. The van der Waals surface area contributed by atoms with Gasteiger partial charge in [-0.1, -0.05) is 6.07 Å². The van der Waals surface area contributed by atoms with E-state index in [2.05, 4.69) is 5.32 Å².